The molecule has 0 saturated carbocycles. The van der Waals surface area contributed by atoms with Gasteiger partial charge in [-0.15, -0.1) is 0 Å². The Kier molecular flexibility index (Phi) is 6.73. The van der Waals surface area contributed by atoms with Crippen molar-refractivity contribution in [1.82, 2.24) is 10.6 Å². The van der Waals surface area contributed by atoms with Crippen molar-refractivity contribution in [3.05, 3.63) is 77.0 Å². The van der Waals surface area contributed by atoms with Crippen molar-refractivity contribution < 1.29 is 9.59 Å². The van der Waals surface area contributed by atoms with E-state index in [1.54, 1.807) is 30.3 Å². The van der Waals surface area contributed by atoms with E-state index < -0.39 is 11.8 Å². The fourth-order valence-corrected chi connectivity index (χ4v) is 2.47. The maximum Gasteiger partial charge on any atom is 0.263 e. The van der Waals surface area contributed by atoms with Crippen molar-refractivity contribution in [3.63, 3.8) is 0 Å². The number of aryl methyl sites for hydroxylation is 1. The van der Waals surface area contributed by atoms with E-state index in [0.29, 0.717) is 5.69 Å². The number of nitrogen functional groups attached to an aromatic ring is 1. The SMILES string of the molecule is CCc1ccc(C(C)NC(=O)/C(C#N)=C\NC(=O)c2ccccc2N)cc1. The molecule has 0 aliphatic carbocycles. The van der Waals surface area contributed by atoms with Gasteiger partial charge in [-0.25, -0.2) is 0 Å². The molecule has 0 radical (unpaired) electrons. The summed E-state index contributed by atoms with van der Waals surface area (Å²) in [5.74, 6) is -1.05. The zero-order valence-corrected chi connectivity index (χ0v) is 15.3. The van der Waals surface area contributed by atoms with Crippen LogP contribution in [0.2, 0.25) is 0 Å². The van der Waals surface area contributed by atoms with Gasteiger partial charge in [-0.2, -0.15) is 5.26 Å². The van der Waals surface area contributed by atoms with Gasteiger partial charge < -0.3 is 16.4 Å². The van der Waals surface area contributed by atoms with Gasteiger partial charge in [0.15, 0.2) is 0 Å². The first-order valence-electron chi connectivity index (χ1n) is 8.61. The Labute approximate surface area is 158 Å². The normalized spacial score (nSPS) is 12.0. The molecule has 0 spiro atoms. The van der Waals surface area contributed by atoms with Crippen LogP contribution in [-0.4, -0.2) is 11.8 Å². The number of anilines is 1. The highest BCUT2D eigenvalue weighted by atomic mass is 16.2. The summed E-state index contributed by atoms with van der Waals surface area (Å²) < 4.78 is 0. The number of benzene rings is 2. The highest BCUT2D eigenvalue weighted by Crippen LogP contribution is 2.14. The summed E-state index contributed by atoms with van der Waals surface area (Å²) >= 11 is 0. The van der Waals surface area contributed by atoms with Crippen LogP contribution in [-0.2, 0) is 11.2 Å². The van der Waals surface area contributed by atoms with E-state index in [4.69, 9.17) is 5.73 Å². The predicted molar refractivity (Wildman–Crippen MR) is 104 cm³/mol. The summed E-state index contributed by atoms with van der Waals surface area (Å²) in [5.41, 5.74) is 8.27. The average Bonchev–Trinajstić information content (AvgIpc) is 2.68. The molecule has 4 N–H and O–H groups in total. The Morgan fingerprint density at radius 3 is 2.44 bits per heavy atom. The van der Waals surface area contributed by atoms with E-state index >= 15 is 0 Å². The third-order valence-electron chi connectivity index (χ3n) is 4.15. The maximum atomic E-state index is 12.3. The summed E-state index contributed by atoms with van der Waals surface area (Å²) in [4.78, 5) is 24.5. The van der Waals surface area contributed by atoms with Gasteiger partial charge in [-0.05, 0) is 36.6 Å². The molecule has 0 aliphatic rings. The molecule has 2 rings (SSSR count). The second-order valence-electron chi connectivity index (χ2n) is 6.02. The first kappa shape index (κ1) is 19.7. The number of nitrogens with zero attached hydrogens (tertiary/aromatic N) is 1. The molecule has 6 heteroatoms. The molecule has 0 aromatic heterocycles. The van der Waals surface area contributed by atoms with E-state index in [1.807, 2.05) is 31.2 Å². The van der Waals surface area contributed by atoms with E-state index in [2.05, 4.69) is 17.6 Å². The van der Waals surface area contributed by atoms with Crippen LogP contribution in [0.4, 0.5) is 5.69 Å². The quantitative estimate of drug-likeness (QED) is 0.417. The van der Waals surface area contributed by atoms with Crippen LogP contribution < -0.4 is 16.4 Å². The number of hydrogen-bond acceptors (Lipinski definition) is 4. The van der Waals surface area contributed by atoms with Gasteiger partial charge in [-0.1, -0.05) is 43.3 Å². The van der Waals surface area contributed by atoms with Crippen LogP contribution in [0.25, 0.3) is 0 Å². The van der Waals surface area contributed by atoms with Gasteiger partial charge in [0.05, 0.1) is 11.6 Å². The lowest BCUT2D eigenvalue weighted by atomic mass is 10.0. The molecule has 0 heterocycles. The molecule has 2 amide bonds. The van der Waals surface area contributed by atoms with Crippen LogP contribution in [0.15, 0.2) is 60.3 Å². The Bertz CT molecular complexity index is 895. The van der Waals surface area contributed by atoms with Crippen LogP contribution in [0.3, 0.4) is 0 Å². The third-order valence-corrected chi connectivity index (χ3v) is 4.15. The van der Waals surface area contributed by atoms with Crippen LogP contribution in [0.1, 0.15) is 41.4 Å². The van der Waals surface area contributed by atoms with Gasteiger partial charge in [0.2, 0.25) is 0 Å². The monoisotopic (exact) mass is 362 g/mol. The molecule has 0 aliphatic heterocycles. The highest BCUT2D eigenvalue weighted by Gasteiger charge is 2.15. The lowest BCUT2D eigenvalue weighted by molar-refractivity contribution is -0.117. The summed E-state index contributed by atoms with van der Waals surface area (Å²) in [7, 11) is 0. The van der Waals surface area contributed by atoms with Gasteiger partial charge in [-0.3, -0.25) is 9.59 Å². The van der Waals surface area contributed by atoms with Crippen molar-refractivity contribution in [1.29, 1.82) is 5.26 Å². The minimum Gasteiger partial charge on any atom is -0.398 e. The molecule has 0 bridgehead atoms. The lowest BCUT2D eigenvalue weighted by Gasteiger charge is -2.14. The number of rotatable bonds is 6. The first-order chi connectivity index (χ1) is 13.0. The molecule has 138 valence electrons. The summed E-state index contributed by atoms with van der Waals surface area (Å²) in [5, 5.41) is 14.4. The smallest absolute Gasteiger partial charge is 0.263 e. The van der Waals surface area contributed by atoms with Gasteiger partial charge in [0.25, 0.3) is 11.8 Å². The van der Waals surface area contributed by atoms with Crippen molar-refractivity contribution in [2.75, 3.05) is 5.73 Å². The van der Waals surface area contributed by atoms with E-state index in [0.717, 1.165) is 18.2 Å². The van der Waals surface area contributed by atoms with Crippen LogP contribution in [0.5, 0.6) is 0 Å². The third kappa shape index (κ3) is 5.19. The van der Waals surface area contributed by atoms with E-state index in [-0.39, 0.29) is 17.2 Å². The topological polar surface area (TPSA) is 108 Å². The zero-order chi connectivity index (χ0) is 19.8. The standard InChI is InChI=1S/C21H22N4O2/c1-3-15-8-10-16(11-9-15)14(2)25-20(26)17(12-22)13-24-21(27)18-6-4-5-7-19(18)23/h4-11,13-14H,3,23H2,1-2H3,(H,24,27)(H,25,26)/b17-13-. The Morgan fingerprint density at radius 2 is 1.85 bits per heavy atom. The molecule has 1 atom stereocenters. The highest BCUT2D eigenvalue weighted by molar-refractivity contribution is 6.01. The number of carbonyl (C=O) groups is 2. The Morgan fingerprint density at radius 1 is 1.19 bits per heavy atom. The van der Waals surface area contributed by atoms with Gasteiger partial charge in [0.1, 0.15) is 11.6 Å². The maximum absolute atomic E-state index is 12.3. The Hall–Kier alpha value is -3.59. The first-order valence-corrected chi connectivity index (χ1v) is 8.61. The lowest BCUT2D eigenvalue weighted by Crippen LogP contribution is -2.29. The van der Waals surface area contributed by atoms with Crippen molar-refractivity contribution in [3.8, 4) is 6.07 Å². The fourth-order valence-electron chi connectivity index (χ4n) is 2.47. The van der Waals surface area contributed by atoms with Crippen molar-refractivity contribution >= 4 is 17.5 Å². The molecule has 27 heavy (non-hydrogen) atoms. The molecular formula is C21H22N4O2. The average molecular weight is 362 g/mol. The summed E-state index contributed by atoms with van der Waals surface area (Å²) in [6, 6.07) is 16.0. The number of hydrogen-bond donors (Lipinski definition) is 3. The molecule has 1 unspecified atom stereocenters. The van der Waals surface area contributed by atoms with Crippen LogP contribution >= 0.6 is 0 Å². The van der Waals surface area contributed by atoms with Crippen molar-refractivity contribution in [2.24, 2.45) is 0 Å². The van der Waals surface area contributed by atoms with Crippen LogP contribution in [0, 0.1) is 11.3 Å². The minimum atomic E-state index is -0.564. The molecular weight excluding hydrogens is 340 g/mol. The predicted octanol–water partition coefficient (Wildman–Crippen LogP) is 2.85. The number of amides is 2. The number of carbonyl (C=O) groups excluding carboxylic acids is 2. The van der Waals surface area contributed by atoms with Gasteiger partial charge in [0, 0.05) is 11.9 Å². The number of nitrogens with one attached hydrogen (secondary N) is 2. The van der Waals surface area contributed by atoms with Crippen molar-refractivity contribution in [2.45, 2.75) is 26.3 Å². The second kappa shape index (κ2) is 9.20. The second-order valence-corrected chi connectivity index (χ2v) is 6.02. The largest absolute Gasteiger partial charge is 0.398 e. The summed E-state index contributed by atoms with van der Waals surface area (Å²) in [6.07, 6.45) is 2.03. The molecule has 0 saturated heterocycles. The molecule has 2 aromatic rings. The fraction of sp³-hybridized carbons (Fsp3) is 0.190. The number of para-hydroxylation sites is 1. The minimum absolute atomic E-state index is 0.199. The van der Waals surface area contributed by atoms with Gasteiger partial charge >= 0.3 is 0 Å². The molecule has 0 fully saturated rings. The molecule has 2 aromatic carbocycles. The van der Waals surface area contributed by atoms with E-state index in [1.165, 1.54) is 5.56 Å². The number of nitrogens with two attached hydrogens (primary N) is 1. The zero-order valence-electron chi connectivity index (χ0n) is 15.3. The summed E-state index contributed by atoms with van der Waals surface area (Å²) in [6.45, 7) is 3.90. The molecule has 6 nitrogen and oxygen atoms in total. The Balaban J connectivity index is 2.04. The number of nitriles is 1. The van der Waals surface area contributed by atoms with E-state index in [9.17, 15) is 14.9 Å².